The first-order valence-corrected chi connectivity index (χ1v) is 13.4. The zero-order valence-corrected chi connectivity index (χ0v) is 21.4. The number of aliphatic hydroxyl groups is 1. The molecule has 1 aromatic heterocycles. The first-order chi connectivity index (χ1) is 16.9. The number of pyridine rings is 1. The molecule has 1 N–H and O–H groups in total. The van der Waals surface area contributed by atoms with E-state index in [-0.39, 0.29) is 23.8 Å². The van der Waals surface area contributed by atoms with Crippen molar-refractivity contribution in [3.8, 4) is 0 Å². The molecule has 1 saturated heterocycles. The van der Waals surface area contributed by atoms with Crippen LogP contribution in [-0.4, -0.2) is 71.4 Å². The third-order valence-electron chi connectivity index (χ3n) is 6.07. The molecular weight excluding hydrogens is 484 g/mol. The van der Waals surface area contributed by atoms with Crippen LogP contribution in [0, 0.1) is 0 Å². The highest BCUT2D eigenvalue weighted by Gasteiger charge is 2.28. The number of aromatic nitrogens is 1. The maximum atomic E-state index is 13.3. The van der Waals surface area contributed by atoms with Crippen LogP contribution in [0.1, 0.15) is 18.0 Å². The average molecular weight is 514 g/mol. The summed E-state index contributed by atoms with van der Waals surface area (Å²) >= 11 is 1.50. The van der Waals surface area contributed by atoms with E-state index in [1.807, 2.05) is 55.6 Å². The van der Waals surface area contributed by atoms with Gasteiger partial charge < -0.3 is 22.8 Å². The average Bonchev–Trinajstić information content (AvgIpc) is 3.30. The lowest BCUT2D eigenvalue weighted by Crippen LogP contribution is -2.39. The maximum Gasteiger partial charge on any atom is 0.233 e. The molecule has 10 heteroatoms. The number of aliphatic hydroxyl groups excluding tert-OH is 1. The van der Waals surface area contributed by atoms with Gasteiger partial charge in [0.25, 0.3) is 0 Å². The normalized spacial score (nSPS) is 18.1. The second kappa shape index (κ2) is 12.0. The Balaban J connectivity index is 1.54. The van der Waals surface area contributed by atoms with Gasteiger partial charge >= 0.3 is 0 Å². The van der Waals surface area contributed by atoms with Crippen molar-refractivity contribution in [3.05, 3.63) is 66.4 Å². The fraction of sp³-hybridized carbons (Fsp3) is 0.360. The van der Waals surface area contributed by atoms with Crippen molar-refractivity contribution in [1.29, 1.82) is 0 Å². The molecular formula is C25H29N4O4S2-. The number of carbonyl (C=O) groups is 1. The van der Waals surface area contributed by atoms with Crippen LogP contribution in [0.25, 0.3) is 10.9 Å². The maximum absolute atomic E-state index is 13.3. The first kappa shape index (κ1) is 25.6. The van der Waals surface area contributed by atoms with Crippen molar-refractivity contribution in [1.82, 2.24) is 14.8 Å². The Hall–Kier alpha value is -2.50. The highest BCUT2D eigenvalue weighted by atomic mass is 32.2. The molecule has 0 radical (unpaired) electrons. The van der Waals surface area contributed by atoms with Gasteiger partial charge in [0.2, 0.25) is 5.91 Å². The molecule has 1 fully saturated rings. The predicted octanol–water partition coefficient (Wildman–Crippen LogP) is 3.93. The number of β-amino-alcohol motifs (C(OH)–C–C–N with tert-alkyl or cyclic N) is 1. The van der Waals surface area contributed by atoms with Gasteiger partial charge in [-0.3, -0.25) is 14.7 Å². The molecule has 0 saturated carbocycles. The van der Waals surface area contributed by atoms with Gasteiger partial charge in [-0.1, -0.05) is 35.1 Å². The van der Waals surface area contributed by atoms with Crippen molar-refractivity contribution in [2.24, 2.45) is 4.36 Å². The van der Waals surface area contributed by atoms with E-state index in [9.17, 15) is 14.1 Å². The van der Waals surface area contributed by atoms with Crippen molar-refractivity contribution in [2.45, 2.75) is 23.5 Å². The predicted molar refractivity (Wildman–Crippen MR) is 139 cm³/mol. The highest BCUT2D eigenvalue weighted by Crippen LogP contribution is 2.30. The number of rotatable bonds is 9. The Bertz CT molecular complexity index is 1260. The third-order valence-corrected chi connectivity index (χ3v) is 7.78. The minimum atomic E-state index is -1.77. The Kier molecular flexibility index (Phi) is 8.74. The number of nitrogens with zero attached hydrogens (tertiary/aromatic N) is 4. The first-order valence-electron chi connectivity index (χ1n) is 11.4. The molecule has 1 amide bonds. The zero-order valence-electron chi connectivity index (χ0n) is 19.7. The van der Waals surface area contributed by atoms with Crippen molar-refractivity contribution >= 4 is 45.1 Å². The molecule has 1 unspecified atom stereocenters. The molecule has 3 aromatic rings. The Morgan fingerprint density at radius 3 is 2.91 bits per heavy atom. The number of thioether (sulfide) groups is 1. The lowest BCUT2D eigenvalue weighted by atomic mass is 10.0. The van der Waals surface area contributed by atoms with Gasteiger partial charge in [0.1, 0.15) is 0 Å². The quantitative estimate of drug-likeness (QED) is 0.342. The number of likely N-dealkylation sites (N-methyl/N-ethyl adjacent to an activating group) is 1. The van der Waals surface area contributed by atoms with E-state index in [2.05, 4.69) is 14.2 Å². The van der Waals surface area contributed by atoms with Crippen molar-refractivity contribution in [3.63, 3.8) is 0 Å². The van der Waals surface area contributed by atoms with Gasteiger partial charge in [-0.2, -0.15) is 0 Å². The van der Waals surface area contributed by atoms with Crippen LogP contribution in [0.5, 0.6) is 0 Å². The molecule has 8 nitrogen and oxygen atoms in total. The van der Waals surface area contributed by atoms with Crippen molar-refractivity contribution in [2.75, 3.05) is 39.5 Å². The van der Waals surface area contributed by atoms with E-state index >= 15 is 0 Å². The molecule has 35 heavy (non-hydrogen) atoms. The Morgan fingerprint density at radius 2 is 2.14 bits per heavy atom. The lowest BCUT2D eigenvalue weighted by Gasteiger charge is -2.32. The Morgan fingerprint density at radius 1 is 1.31 bits per heavy atom. The summed E-state index contributed by atoms with van der Waals surface area (Å²) in [7, 11) is 1.37. The van der Waals surface area contributed by atoms with Gasteiger partial charge in [-0.05, 0) is 42.3 Å². The van der Waals surface area contributed by atoms with E-state index in [1.54, 1.807) is 17.2 Å². The second-order valence-electron chi connectivity index (χ2n) is 8.41. The Labute approximate surface area is 211 Å². The SMILES string of the molecule is CO[S-](=O)=Nc1cccc(C(CN2CC[C@H](O)C2)N(C)C(=O)CSc2cccc3ncccc23)c1. The molecule has 0 spiro atoms. The fourth-order valence-electron chi connectivity index (χ4n) is 4.20. The number of fused-ring (bicyclic) bond motifs is 1. The monoisotopic (exact) mass is 513 g/mol. The van der Waals surface area contributed by atoms with Gasteiger partial charge in [-0.15, -0.1) is 11.8 Å². The van der Waals surface area contributed by atoms with Crippen LogP contribution in [0.3, 0.4) is 0 Å². The van der Waals surface area contributed by atoms with E-state index in [0.29, 0.717) is 18.8 Å². The number of likely N-dealkylation sites (tertiary alicyclic amines) is 1. The number of benzene rings is 2. The summed E-state index contributed by atoms with van der Waals surface area (Å²) in [5.41, 5.74) is 2.31. The summed E-state index contributed by atoms with van der Waals surface area (Å²) in [5.74, 6) is 0.268. The molecule has 0 bridgehead atoms. The van der Waals surface area contributed by atoms with E-state index in [4.69, 9.17) is 4.18 Å². The summed E-state index contributed by atoms with van der Waals surface area (Å²) in [4.78, 5) is 22.7. The molecule has 1 aliphatic heterocycles. The summed E-state index contributed by atoms with van der Waals surface area (Å²) < 4.78 is 20.6. The molecule has 2 atom stereocenters. The van der Waals surface area contributed by atoms with Crippen LogP contribution < -0.4 is 0 Å². The van der Waals surface area contributed by atoms with Crippen LogP contribution in [0.2, 0.25) is 0 Å². The van der Waals surface area contributed by atoms with Gasteiger partial charge in [-0.25, -0.2) is 0 Å². The van der Waals surface area contributed by atoms with Crippen LogP contribution >= 0.6 is 11.8 Å². The van der Waals surface area contributed by atoms with Gasteiger partial charge in [0, 0.05) is 56.0 Å². The van der Waals surface area contributed by atoms with Gasteiger partial charge in [0.05, 0.1) is 23.4 Å². The van der Waals surface area contributed by atoms with E-state index < -0.39 is 10.9 Å². The van der Waals surface area contributed by atoms with E-state index in [1.165, 1.54) is 18.9 Å². The van der Waals surface area contributed by atoms with Crippen LogP contribution in [-0.2, 0) is 24.1 Å². The summed E-state index contributed by atoms with van der Waals surface area (Å²) in [6.45, 7) is 1.93. The second-order valence-corrected chi connectivity index (χ2v) is 10.4. The van der Waals surface area contributed by atoms with Crippen LogP contribution in [0.4, 0.5) is 5.69 Å². The minimum absolute atomic E-state index is 0.0107. The molecule has 186 valence electrons. The summed E-state index contributed by atoms with van der Waals surface area (Å²) in [5, 5.41) is 11.0. The standard InChI is InChI=1S/C25H29N4O4S2/c1-28(25(31)17-34-24-10-4-9-22-21(24)8-5-12-26-22)23(16-29-13-11-20(30)15-29)18-6-3-7-19(14-18)27-35(32)33-2/h3-10,12,14,20,23,30H,11,13,15-17H2,1-2H3/q-1/t20-,23?/m0/s1. The molecule has 4 rings (SSSR count). The minimum Gasteiger partial charge on any atom is -0.441 e. The number of amides is 1. The summed E-state index contributed by atoms with van der Waals surface area (Å²) in [6, 6.07) is 16.9. The fourth-order valence-corrected chi connectivity index (χ4v) is 5.55. The number of carbonyl (C=O) groups excluding carboxylic acids is 1. The molecule has 2 aromatic carbocycles. The van der Waals surface area contributed by atoms with Gasteiger partial charge in [0.15, 0.2) is 0 Å². The molecule has 1 aliphatic rings. The summed E-state index contributed by atoms with van der Waals surface area (Å²) in [6.07, 6.45) is 2.13. The lowest BCUT2D eigenvalue weighted by molar-refractivity contribution is -0.129. The topological polar surface area (TPSA) is 95.3 Å². The largest absolute Gasteiger partial charge is 0.441 e. The van der Waals surface area contributed by atoms with E-state index in [0.717, 1.165) is 34.3 Å². The highest BCUT2D eigenvalue weighted by molar-refractivity contribution is 8.00. The number of hydrogen-bond donors (Lipinski definition) is 1. The smallest absolute Gasteiger partial charge is 0.233 e. The molecule has 2 heterocycles. The van der Waals surface area contributed by atoms with Crippen molar-refractivity contribution < 1.29 is 18.3 Å². The number of hydrogen-bond acceptors (Lipinski definition) is 9. The third kappa shape index (κ3) is 6.59. The van der Waals surface area contributed by atoms with Crippen LogP contribution in [0.15, 0.2) is 70.1 Å². The zero-order chi connectivity index (χ0) is 24.8. The molecule has 0 aliphatic carbocycles.